The molecule has 0 amide bonds. The second kappa shape index (κ2) is 12.5. The Balaban J connectivity index is -0.0000000720. The van der Waals surface area contributed by atoms with Crippen molar-refractivity contribution in [3.05, 3.63) is 0 Å². The SMILES string of the molecule is O=[PH]([O-])O.O=[PH]([O-])O.[Sr+2]. The van der Waals surface area contributed by atoms with Crippen molar-refractivity contribution in [2.45, 2.75) is 0 Å². The Morgan fingerprint density at radius 2 is 1.00 bits per heavy atom. The van der Waals surface area contributed by atoms with Crippen LogP contribution in [0.2, 0.25) is 0 Å². The van der Waals surface area contributed by atoms with E-state index in [1.807, 2.05) is 0 Å². The fraction of sp³-hybridized carbons (Fsp3) is 0. The molecule has 0 aromatic carbocycles. The van der Waals surface area contributed by atoms with Crippen molar-refractivity contribution in [1.82, 2.24) is 0 Å². The van der Waals surface area contributed by atoms with Gasteiger partial charge in [0.05, 0.1) is 0 Å². The van der Waals surface area contributed by atoms with Gasteiger partial charge in [-0.2, -0.15) is 0 Å². The van der Waals surface area contributed by atoms with Crippen LogP contribution in [-0.4, -0.2) is 55.3 Å². The Morgan fingerprint density at radius 3 is 1.00 bits per heavy atom. The minimum absolute atomic E-state index is 0. The second-order valence-electron chi connectivity index (χ2n) is 0.532. The molecule has 9 heavy (non-hydrogen) atoms. The quantitative estimate of drug-likeness (QED) is 0.350. The summed E-state index contributed by atoms with van der Waals surface area (Å²) in [5.41, 5.74) is 0. The van der Waals surface area contributed by atoms with Gasteiger partial charge in [-0.15, -0.1) is 0 Å². The van der Waals surface area contributed by atoms with Crippen LogP contribution in [0, 0.1) is 0 Å². The summed E-state index contributed by atoms with van der Waals surface area (Å²) in [6.07, 6.45) is 0. The van der Waals surface area contributed by atoms with Crippen molar-refractivity contribution >= 4 is 62.0 Å². The van der Waals surface area contributed by atoms with Crippen molar-refractivity contribution in [1.29, 1.82) is 0 Å². The molecule has 2 atom stereocenters. The fourth-order valence-corrected chi connectivity index (χ4v) is 0. The number of hydrogen-bond acceptors (Lipinski definition) is 4. The maximum absolute atomic E-state index is 8.63. The molecule has 0 aliphatic heterocycles. The molecule has 2 unspecified atom stereocenters. The van der Waals surface area contributed by atoms with Crippen molar-refractivity contribution in [2.75, 3.05) is 0 Å². The molecule has 0 saturated heterocycles. The van der Waals surface area contributed by atoms with Crippen LogP contribution in [0.25, 0.3) is 0 Å². The first-order valence-corrected chi connectivity index (χ1v) is 3.79. The van der Waals surface area contributed by atoms with Crippen LogP contribution in [0.5, 0.6) is 0 Å². The summed E-state index contributed by atoms with van der Waals surface area (Å²) in [6.45, 7) is 0. The largest absolute Gasteiger partial charge is 2.00 e. The summed E-state index contributed by atoms with van der Waals surface area (Å²) in [6, 6.07) is 0. The minimum atomic E-state index is -3.38. The molecule has 0 spiro atoms. The zero-order valence-corrected chi connectivity index (χ0v) is 9.71. The van der Waals surface area contributed by atoms with Gasteiger partial charge < -0.3 is 28.7 Å². The van der Waals surface area contributed by atoms with Gasteiger partial charge in [-0.05, 0) is 0 Å². The molecule has 0 aliphatic carbocycles. The van der Waals surface area contributed by atoms with Gasteiger partial charge in [0.1, 0.15) is 16.5 Å². The third-order valence-corrected chi connectivity index (χ3v) is 0. The molecule has 9 heteroatoms. The molecule has 0 heterocycles. The molecule has 0 bridgehead atoms. The van der Waals surface area contributed by atoms with Crippen LogP contribution in [0.15, 0.2) is 0 Å². The third kappa shape index (κ3) is 187. The van der Waals surface area contributed by atoms with E-state index in [9.17, 15) is 0 Å². The Morgan fingerprint density at radius 1 is 1.00 bits per heavy atom. The van der Waals surface area contributed by atoms with Gasteiger partial charge in [0, 0.05) is 0 Å². The first-order chi connectivity index (χ1) is 3.46. The van der Waals surface area contributed by atoms with E-state index in [-0.39, 0.29) is 45.5 Å². The van der Waals surface area contributed by atoms with Gasteiger partial charge in [0.2, 0.25) is 0 Å². The zero-order valence-electron chi connectivity index (χ0n) is 4.23. The Bertz CT molecular complexity index is 69.1. The molecule has 0 aromatic rings. The van der Waals surface area contributed by atoms with Gasteiger partial charge in [-0.1, -0.05) is 0 Å². The third-order valence-electron chi connectivity index (χ3n) is 0. The van der Waals surface area contributed by atoms with Crippen LogP contribution < -0.4 is 9.79 Å². The summed E-state index contributed by atoms with van der Waals surface area (Å²) in [7, 11) is -6.76. The van der Waals surface area contributed by atoms with E-state index in [2.05, 4.69) is 0 Å². The minimum Gasteiger partial charge on any atom is -0.781 e. The summed E-state index contributed by atoms with van der Waals surface area (Å²) in [5, 5.41) is 0. The Kier molecular flexibility index (Phi) is 23.6. The molecule has 0 radical (unpaired) electrons. The summed E-state index contributed by atoms with van der Waals surface area (Å²) in [4.78, 5) is 31.4. The molecule has 0 fully saturated rings. The van der Waals surface area contributed by atoms with Crippen molar-refractivity contribution in [3.63, 3.8) is 0 Å². The van der Waals surface area contributed by atoms with Crippen LogP contribution in [0.1, 0.15) is 0 Å². The molecule has 0 rings (SSSR count). The molecule has 0 aromatic heterocycles. The standard InChI is InChI=1S/2H3O3P.Sr/c2*1-4(2)3;/h2*4H,(H2,1,2,3);/q;;+2/p-2. The predicted molar refractivity (Wildman–Crippen MR) is 28.2 cm³/mol. The first kappa shape index (κ1) is 17.0. The molecule has 0 saturated carbocycles. The summed E-state index contributed by atoms with van der Waals surface area (Å²) < 4.78 is 17.3. The Hall–Kier alpha value is 1.78. The predicted octanol–water partition coefficient (Wildman–Crippen LogP) is -2.92. The monoisotopic (exact) mass is 250 g/mol. The molecule has 52 valence electrons. The maximum atomic E-state index is 8.63. The van der Waals surface area contributed by atoms with E-state index in [4.69, 9.17) is 28.7 Å². The Labute approximate surface area is 89.7 Å². The topological polar surface area (TPSA) is 121 Å². The van der Waals surface area contributed by atoms with Crippen molar-refractivity contribution in [2.24, 2.45) is 0 Å². The van der Waals surface area contributed by atoms with E-state index in [0.29, 0.717) is 0 Å². The number of hydrogen-bond donors (Lipinski definition) is 2. The van der Waals surface area contributed by atoms with E-state index >= 15 is 0 Å². The molecular weight excluding hydrogens is 246 g/mol. The normalized spacial score (nSPS) is 13.8. The average molecular weight is 250 g/mol. The zero-order chi connectivity index (χ0) is 7.15. The van der Waals surface area contributed by atoms with Crippen LogP contribution in [0.3, 0.4) is 0 Å². The van der Waals surface area contributed by atoms with Crippen LogP contribution >= 0.6 is 16.5 Å². The first-order valence-electron chi connectivity index (χ1n) is 1.26. The fourth-order valence-electron chi connectivity index (χ4n) is 0. The maximum Gasteiger partial charge on any atom is 2.00 e. The molecule has 0 aliphatic rings. The van der Waals surface area contributed by atoms with Gasteiger partial charge >= 0.3 is 45.5 Å². The van der Waals surface area contributed by atoms with Gasteiger partial charge in [-0.25, -0.2) is 0 Å². The molecular formula is H4O6P2Sr. The number of rotatable bonds is 0. The average Bonchev–Trinajstić information content (AvgIpc) is 1.25. The van der Waals surface area contributed by atoms with Gasteiger partial charge in [0.25, 0.3) is 0 Å². The summed E-state index contributed by atoms with van der Waals surface area (Å²) in [5.74, 6) is 0. The van der Waals surface area contributed by atoms with Crippen molar-refractivity contribution in [3.8, 4) is 0 Å². The van der Waals surface area contributed by atoms with Crippen LogP contribution in [-0.2, 0) is 9.13 Å². The van der Waals surface area contributed by atoms with Gasteiger partial charge in [-0.3, -0.25) is 0 Å². The summed E-state index contributed by atoms with van der Waals surface area (Å²) >= 11 is 0. The smallest absolute Gasteiger partial charge is 0.781 e. The van der Waals surface area contributed by atoms with E-state index in [1.165, 1.54) is 0 Å². The molecule has 2 N–H and O–H groups in total. The van der Waals surface area contributed by atoms with Crippen molar-refractivity contribution < 1.29 is 28.7 Å². The van der Waals surface area contributed by atoms with E-state index in [1.54, 1.807) is 0 Å². The van der Waals surface area contributed by atoms with E-state index < -0.39 is 16.5 Å². The second-order valence-corrected chi connectivity index (χ2v) is 1.60. The van der Waals surface area contributed by atoms with Gasteiger partial charge in [0.15, 0.2) is 0 Å². The molecule has 6 nitrogen and oxygen atoms in total. The van der Waals surface area contributed by atoms with E-state index in [0.717, 1.165) is 0 Å². The van der Waals surface area contributed by atoms with Crippen LogP contribution in [0.4, 0.5) is 0 Å².